The minimum absolute atomic E-state index is 0.0247. The summed E-state index contributed by atoms with van der Waals surface area (Å²) in [5.41, 5.74) is 1.09. The number of rotatable bonds is 4. The van der Waals surface area contributed by atoms with Gasteiger partial charge in [-0.2, -0.15) is 10.2 Å². The van der Waals surface area contributed by atoms with Crippen molar-refractivity contribution in [3.63, 3.8) is 0 Å². The quantitative estimate of drug-likeness (QED) is 0.851. The average Bonchev–Trinajstić information content (AvgIpc) is 2.92. The lowest BCUT2D eigenvalue weighted by atomic mass is 10.3. The van der Waals surface area contributed by atoms with Crippen molar-refractivity contribution in [2.75, 3.05) is 12.4 Å². The molecule has 0 fully saturated rings. The van der Waals surface area contributed by atoms with Gasteiger partial charge < -0.3 is 10.1 Å². The number of aromatic nitrogens is 4. The Morgan fingerprint density at radius 3 is 2.76 bits per heavy atom. The monoisotopic (exact) mass is 311 g/mol. The molecule has 2 heterocycles. The second-order valence-corrected chi connectivity index (χ2v) is 4.74. The third kappa shape index (κ3) is 3.22. The molecule has 0 saturated carbocycles. The number of hydrogen-bond acceptors (Lipinski definition) is 5. The molecule has 21 heavy (non-hydrogen) atoms. The van der Waals surface area contributed by atoms with E-state index in [1.165, 1.54) is 22.7 Å². The molecule has 112 valence electrons. The second-order valence-electron chi connectivity index (χ2n) is 4.33. The van der Waals surface area contributed by atoms with Gasteiger partial charge in [-0.15, -0.1) is 0 Å². The Morgan fingerprint density at radius 1 is 1.48 bits per heavy atom. The number of carbonyl (C=O) groups excluding carboxylic acids is 2. The van der Waals surface area contributed by atoms with E-state index in [0.717, 1.165) is 0 Å². The van der Waals surface area contributed by atoms with Crippen molar-refractivity contribution >= 4 is 29.2 Å². The van der Waals surface area contributed by atoms with Gasteiger partial charge in [0.25, 0.3) is 0 Å². The second kappa shape index (κ2) is 5.96. The molecule has 8 nitrogen and oxygen atoms in total. The minimum Gasteiger partial charge on any atom is -0.464 e. The lowest BCUT2D eigenvalue weighted by molar-refractivity contribution is -0.116. The number of nitrogens with zero attached hydrogens (tertiary/aromatic N) is 4. The Labute approximate surface area is 125 Å². The minimum atomic E-state index is -0.580. The predicted octanol–water partition coefficient (Wildman–Crippen LogP) is 1.00. The predicted molar refractivity (Wildman–Crippen MR) is 75.2 cm³/mol. The molecule has 0 bridgehead atoms. The molecular formula is C12H14ClN5O3. The van der Waals surface area contributed by atoms with Crippen molar-refractivity contribution in [2.45, 2.75) is 13.5 Å². The fourth-order valence-electron chi connectivity index (χ4n) is 1.78. The molecule has 0 aliphatic carbocycles. The number of ether oxygens (including phenoxy) is 1. The zero-order valence-electron chi connectivity index (χ0n) is 11.8. The molecule has 0 aliphatic heterocycles. The van der Waals surface area contributed by atoms with Crippen LogP contribution in [0.15, 0.2) is 12.4 Å². The summed E-state index contributed by atoms with van der Waals surface area (Å²) < 4.78 is 7.40. The summed E-state index contributed by atoms with van der Waals surface area (Å²) in [5.74, 6) is -0.935. The summed E-state index contributed by atoms with van der Waals surface area (Å²) in [4.78, 5) is 23.6. The van der Waals surface area contributed by atoms with E-state index < -0.39 is 5.97 Å². The number of methoxy groups -OCH3 is 1. The zero-order chi connectivity index (χ0) is 15.6. The van der Waals surface area contributed by atoms with Crippen LogP contribution in [0.25, 0.3) is 0 Å². The summed E-state index contributed by atoms with van der Waals surface area (Å²) in [6, 6.07) is 0. The lowest BCUT2D eigenvalue weighted by Gasteiger charge is -2.06. The van der Waals surface area contributed by atoms with Crippen molar-refractivity contribution in [3.8, 4) is 0 Å². The van der Waals surface area contributed by atoms with E-state index in [0.29, 0.717) is 10.7 Å². The van der Waals surface area contributed by atoms with Crippen LogP contribution in [-0.4, -0.2) is 38.5 Å². The number of halogens is 1. The first-order chi connectivity index (χ1) is 9.92. The number of amides is 1. The molecule has 0 saturated heterocycles. The molecule has 2 aromatic heterocycles. The SMILES string of the molecule is COC(=O)c1c(NC(=O)Cn2cc(Cl)c(C)n2)cnn1C. The van der Waals surface area contributed by atoms with Crippen LogP contribution in [0.1, 0.15) is 16.2 Å². The Morgan fingerprint density at radius 2 is 2.19 bits per heavy atom. The molecule has 0 aliphatic rings. The van der Waals surface area contributed by atoms with Gasteiger partial charge in [-0.3, -0.25) is 14.2 Å². The topological polar surface area (TPSA) is 91.0 Å². The van der Waals surface area contributed by atoms with Gasteiger partial charge in [0.15, 0.2) is 5.69 Å². The summed E-state index contributed by atoms with van der Waals surface area (Å²) in [6.07, 6.45) is 2.94. The van der Waals surface area contributed by atoms with Crippen LogP contribution in [0, 0.1) is 6.92 Å². The number of hydrogen-bond donors (Lipinski definition) is 1. The van der Waals surface area contributed by atoms with E-state index in [1.54, 1.807) is 20.2 Å². The van der Waals surface area contributed by atoms with Gasteiger partial charge in [0.1, 0.15) is 6.54 Å². The van der Waals surface area contributed by atoms with Crippen molar-refractivity contribution in [3.05, 3.63) is 28.8 Å². The number of carbonyl (C=O) groups is 2. The van der Waals surface area contributed by atoms with E-state index in [4.69, 9.17) is 11.6 Å². The highest BCUT2D eigenvalue weighted by Crippen LogP contribution is 2.16. The third-order valence-electron chi connectivity index (χ3n) is 2.78. The van der Waals surface area contributed by atoms with Crippen LogP contribution < -0.4 is 5.32 Å². The van der Waals surface area contributed by atoms with Crippen LogP contribution in [0.3, 0.4) is 0 Å². The first-order valence-corrected chi connectivity index (χ1v) is 6.40. The van der Waals surface area contributed by atoms with E-state index >= 15 is 0 Å². The van der Waals surface area contributed by atoms with Crippen LogP contribution in [0.5, 0.6) is 0 Å². The third-order valence-corrected chi connectivity index (χ3v) is 3.15. The molecule has 1 amide bonds. The van der Waals surface area contributed by atoms with Gasteiger partial charge in [0.05, 0.1) is 29.7 Å². The number of aryl methyl sites for hydroxylation is 2. The molecular weight excluding hydrogens is 298 g/mol. The van der Waals surface area contributed by atoms with Gasteiger partial charge >= 0.3 is 5.97 Å². The lowest BCUT2D eigenvalue weighted by Crippen LogP contribution is -2.21. The average molecular weight is 312 g/mol. The van der Waals surface area contributed by atoms with Crippen molar-refractivity contribution < 1.29 is 14.3 Å². The van der Waals surface area contributed by atoms with Crippen molar-refractivity contribution in [2.24, 2.45) is 7.05 Å². The Bertz CT molecular complexity index is 672. The maximum Gasteiger partial charge on any atom is 0.358 e. The molecule has 0 atom stereocenters. The normalized spacial score (nSPS) is 10.5. The fourth-order valence-corrected chi connectivity index (χ4v) is 1.93. The van der Waals surface area contributed by atoms with Crippen LogP contribution in [0.2, 0.25) is 5.02 Å². The van der Waals surface area contributed by atoms with E-state index in [-0.39, 0.29) is 23.8 Å². The highest BCUT2D eigenvalue weighted by Gasteiger charge is 2.19. The highest BCUT2D eigenvalue weighted by atomic mass is 35.5. The van der Waals surface area contributed by atoms with Gasteiger partial charge in [-0.1, -0.05) is 11.6 Å². The molecule has 0 radical (unpaired) electrons. The summed E-state index contributed by atoms with van der Waals surface area (Å²) >= 11 is 5.87. The summed E-state index contributed by atoms with van der Waals surface area (Å²) in [6.45, 7) is 1.72. The Kier molecular flexibility index (Phi) is 4.27. The number of nitrogens with one attached hydrogen (secondary N) is 1. The van der Waals surface area contributed by atoms with E-state index in [9.17, 15) is 9.59 Å². The Balaban J connectivity index is 2.11. The van der Waals surface area contributed by atoms with Gasteiger partial charge in [-0.05, 0) is 6.92 Å². The molecule has 0 spiro atoms. The van der Waals surface area contributed by atoms with Gasteiger partial charge in [0.2, 0.25) is 5.91 Å². The smallest absolute Gasteiger partial charge is 0.358 e. The van der Waals surface area contributed by atoms with Crippen molar-refractivity contribution in [1.29, 1.82) is 0 Å². The standard InChI is InChI=1S/C12H14ClN5O3/c1-7-8(13)5-18(16-7)6-10(19)15-9-4-14-17(2)11(9)12(20)21-3/h4-5H,6H2,1-3H3,(H,15,19). The molecule has 1 N–H and O–H groups in total. The van der Waals surface area contributed by atoms with Crippen molar-refractivity contribution in [1.82, 2.24) is 19.6 Å². The number of esters is 1. The first-order valence-electron chi connectivity index (χ1n) is 6.02. The summed E-state index contributed by atoms with van der Waals surface area (Å²) in [5, 5.41) is 11.1. The van der Waals surface area contributed by atoms with Gasteiger partial charge in [-0.25, -0.2) is 4.79 Å². The molecule has 9 heteroatoms. The maximum atomic E-state index is 12.0. The number of anilines is 1. The zero-order valence-corrected chi connectivity index (χ0v) is 12.5. The van der Waals surface area contributed by atoms with Crippen LogP contribution >= 0.6 is 11.6 Å². The maximum absolute atomic E-state index is 12.0. The molecule has 2 rings (SSSR count). The Hall–Kier alpha value is -2.35. The molecule has 0 unspecified atom stereocenters. The largest absolute Gasteiger partial charge is 0.464 e. The van der Waals surface area contributed by atoms with Crippen LogP contribution in [0.4, 0.5) is 5.69 Å². The summed E-state index contributed by atoms with van der Waals surface area (Å²) in [7, 11) is 2.84. The first kappa shape index (κ1) is 15.0. The highest BCUT2D eigenvalue weighted by molar-refractivity contribution is 6.31. The fraction of sp³-hybridized carbons (Fsp3) is 0.333. The molecule has 2 aromatic rings. The van der Waals surface area contributed by atoms with Gasteiger partial charge in [0, 0.05) is 13.2 Å². The molecule has 0 aromatic carbocycles. The van der Waals surface area contributed by atoms with E-state index in [1.807, 2.05) is 0 Å². The van der Waals surface area contributed by atoms with Crippen LogP contribution in [-0.2, 0) is 23.1 Å². The van der Waals surface area contributed by atoms with E-state index in [2.05, 4.69) is 20.3 Å².